The number of guanidine groups is 1. The van der Waals surface area contributed by atoms with Crippen LogP contribution in [0.4, 0.5) is 10.1 Å². The largest absolute Gasteiger partial charge is 0.490 e. The summed E-state index contributed by atoms with van der Waals surface area (Å²) in [5.74, 6) is 1.76. The summed E-state index contributed by atoms with van der Waals surface area (Å²) in [5, 5.41) is 6.35. The Bertz CT molecular complexity index is 783. The molecule has 2 N–H and O–H groups in total. The van der Waals surface area contributed by atoms with Gasteiger partial charge in [0.25, 0.3) is 0 Å². The molecule has 25 heavy (non-hydrogen) atoms. The molecule has 0 spiro atoms. The fourth-order valence-corrected chi connectivity index (χ4v) is 2.64. The summed E-state index contributed by atoms with van der Waals surface area (Å²) in [6.45, 7) is 1.75. The van der Waals surface area contributed by atoms with E-state index in [0.29, 0.717) is 35.9 Å². The second-order valence-electron chi connectivity index (χ2n) is 5.51. The van der Waals surface area contributed by atoms with E-state index in [1.807, 2.05) is 24.3 Å². The zero-order valence-electron chi connectivity index (χ0n) is 13.8. The van der Waals surface area contributed by atoms with Gasteiger partial charge in [0.15, 0.2) is 17.5 Å². The van der Waals surface area contributed by atoms with Crippen molar-refractivity contribution in [1.29, 1.82) is 0 Å². The Morgan fingerprint density at radius 3 is 2.72 bits per heavy atom. The molecule has 0 atom stereocenters. The van der Waals surface area contributed by atoms with Gasteiger partial charge < -0.3 is 20.1 Å². The minimum absolute atomic E-state index is 0.287. The maximum atomic E-state index is 13.6. The molecule has 3 rings (SSSR count). The molecule has 1 aliphatic rings. The van der Waals surface area contributed by atoms with Gasteiger partial charge in [0.1, 0.15) is 5.82 Å². The summed E-state index contributed by atoms with van der Waals surface area (Å²) in [4.78, 5) is 4.19. The third kappa shape index (κ3) is 4.63. The SMILES string of the molecule is CN=C(NCc1ccc(Br)c(F)c1)Nc1ccc2c(c1)OCCCO2. The highest BCUT2D eigenvalue weighted by Crippen LogP contribution is 2.32. The van der Waals surface area contributed by atoms with E-state index in [4.69, 9.17) is 9.47 Å². The number of ether oxygens (including phenoxy) is 2. The molecule has 0 saturated heterocycles. The summed E-state index contributed by atoms with van der Waals surface area (Å²) in [6.07, 6.45) is 0.865. The average molecular weight is 408 g/mol. The Hall–Kier alpha value is -2.28. The average Bonchev–Trinajstić information content (AvgIpc) is 2.86. The lowest BCUT2D eigenvalue weighted by Crippen LogP contribution is -2.30. The fourth-order valence-electron chi connectivity index (χ4n) is 2.39. The van der Waals surface area contributed by atoms with Crippen LogP contribution < -0.4 is 20.1 Å². The lowest BCUT2D eigenvalue weighted by atomic mass is 10.2. The van der Waals surface area contributed by atoms with E-state index in [1.54, 1.807) is 13.1 Å². The number of nitrogens with zero attached hydrogens (tertiary/aromatic N) is 1. The zero-order chi connectivity index (χ0) is 17.6. The minimum atomic E-state index is -0.287. The molecule has 5 nitrogen and oxygen atoms in total. The molecule has 0 amide bonds. The van der Waals surface area contributed by atoms with Crippen LogP contribution in [0.25, 0.3) is 0 Å². The van der Waals surface area contributed by atoms with Crippen LogP contribution in [0.5, 0.6) is 11.5 Å². The number of hydrogen-bond donors (Lipinski definition) is 2. The Morgan fingerprint density at radius 2 is 1.96 bits per heavy atom. The molecule has 132 valence electrons. The number of rotatable bonds is 3. The maximum Gasteiger partial charge on any atom is 0.195 e. The van der Waals surface area contributed by atoms with E-state index in [-0.39, 0.29) is 5.82 Å². The van der Waals surface area contributed by atoms with Gasteiger partial charge in [-0.25, -0.2) is 4.39 Å². The van der Waals surface area contributed by atoms with Crippen molar-refractivity contribution in [1.82, 2.24) is 5.32 Å². The Kier molecular flexibility index (Phi) is 5.75. The van der Waals surface area contributed by atoms with Crippen LogP contribution in [0.1, 0.15) is 12.0 Å². The molecule has 0 aromatic heterocycles. The second kappa shape index (κ2) is 8.20. The quantitative estimate of drug-likeness (QED) is 0.597. The molecule has 0 bridgehead atoms. The van der Waals surface area contributed by atoms with Crippen molar-refractivity contribution in [3.05, 3.63) is 52.3 Å². The number of benzene rings is 2. The molecule has 1 aliphatic heterocycles. The normalized spacial score (nSPS) is 14.0. The smallest absolute Gasteiger partial charge is 0.195 e. The topological polar surface area (TPSA) is 54.9 Å². The van der Waals surface area contributed by atoms with Crippen molar-refractivity contribution in [2.24, 2.45) is 4.99 Å². The molecule has 2 aromatic carbocycles. The summed E-state index contributed by atoms with van der Waals surface area (Å²) in [6, 6.07) is 10.7. The van der Waals surface area contributed by atoms with Crippen molar-refractivity contribution < 1.29 is 13.9 Å². The van der Waals surface area contributed by atoms with Gasteiger partial charge in [-0.05, 0) is 45.8 Å². The molecule has 0 aliphatic carbocycles. The van der Waals surface area contributed by atoms with Crippen molar-refractivity contribution in [2.45, 2.75) is 13.0 Å². The van der Waals surface area contributed by atoms with Gasteiger partial charge in [-0.1, -0.05) is 6.07 Å². The highest BCUT2D eigenvalue weighted by atomic mass is 79.9. The molecule has 2 aromatic rings. The van der Waals surface area contributed by atoms with Crippen LogP contribution in [0.2, 0.25) is 0 Å². The first-order valence-electron chi connectivity index (χ1n) is 7.97. The molecule has 0 radical (unpaired) electrons. The molecular weight excluding hydrogens is 389 g/mol. The molecular formula is C18H19BrFN3O2. The number of fused-ring (bicyclic) bond motifs is 1. The zero-order valence-corrected chi connectivity index (χ0v) is 15.4. The predicted molar refractivity (Wildman–Crippen MR) is 100.0 cm³/mol. The van der Waals surface area contributed by atoms with Crippen LogP contribution in [0.3, 0.4) is 0 Å². The predicted octanol–water partition coefficient (Wildman–Crippen LogP) is 3.94. The second-order valence-corrected chi connectivity index (χ2v) is 6.37. The lowest BCUT2D eigenvalue weighted by molar-refractivity contribution is 0.297. The number of anilines is 1. The molecule has 7 heteroatoms. The first kappa shape index (κ1) is 17.5. The van der Waals surface area contributed by atoms with E-state index in [2.05, 4.69) is 31.6 Å². The summed E-state index contributed by atoms with van der Waals surface area (Å²) < 4.78 is 25.3. The van der Waals surface area contributed by atoms with Gasteiger partial charge >= 0.3 is 0 Å². The van der Waals surface area contributed by atoms with Gasteiger partial charge in [-0.2, -0.15) is 0 Å². The highest BCUT2D eigenvalue weighted by molar-refractivity contribution is 9.10. The summed E-state index contributed by atoms with van der Waals surface area (Å²) >= 11 is 3.15. The van der Waals surface area contributed by atoms with E-state index in [9.17, 15) is 4.39 Å². The number of hydrogen-bond acceptors (Lipinski definition) is 3. The fraction of sp³-hybridized carbons (Fsp3) is 0.278. The molecule has 0 fully saturated rings. The summed E-state index contributed by atoms with van der Waals surface area (Å²) in [7, 11) is 1.68. The van der Waals surface area contributed by atoms with Crippen molar-refractivity contribution in [3.8, 4) is 11.5 Å². The Labute approximate surface area is 154 Å². The van der Waals surface area contributed by atoms with Crippen LogP contribution in [-0.4, -0.2) is 26.2 Å². The van der Waals surface area contributed by atoms with E-state index in [1.165, 1.54) is 6.07 Å². The first-order valence-corrected chi connectivity index (χ1v) is 8.76. The van der Waals surface area contributed by atoms with Gasteiger partial charge in [-0.15, -0.1) is 0 Å². The number of nitrogens with one attached hydrogen (secondary N) is 2. The third-order valence-corrected chi connectivity index (χ3v) is 4.32. The van der Waals surface area contributed by atoms with Crippen molar-refractivity contribution >= 4 is 27.6 Å². The molecule has 0 saturated carbocycles. The third-order valence-electron chi connectivity index (χ3n) is 3.68. The van der Waals surface area contributed by atoms with Gasteiger partial charge in [0, 0.05) is 31.8 Å². The summed E-state index contributed by atoms with van der Waals surface area (Å²) in [5.41, 5.74) is 1.65. The number of halogens is 2. The molecule has 1 heterocycles. The van der Waals surface area contributed by atoms with Gasteiger partial charge in [0.2, 0.25) is 0 Å². The van der Waals surface area contributed by atoms with E-state index >= 15 is 0 Å². The lowest BCUT2D eigenvalue weighted by Gasteiger charge is -2.14. The van der Waals surface area contributed by atoms with Crippen molar-refractivity contribution in [3.63, 3.8) is 0 Å². The van der Waals surface area contributed by atoms with Crippen LogP contribution in [0, 0.1) is 5.82 Å². The van der Waals surface area contributed by atoms with E-state index < -0.39 is 0 Å². The van der Waals surface area contributed by atoms with Gasteiger partial charge in [0.05, 0.1) is 17.7 Å². The standard InChI is InChI=1S/C18H19BrFN3O2/c1-21-18(22-11-12-3-5-14(19)15(20)9-12)23-13-4-6-16-17(10-13)25-8-2-7-24-16/h3-6,9-10H,2,7-8,11H2,1H3,(H2,21,22,23). The Morgan fingerprint density at radius 1 is 1.16 bits per heavy atom. The van der Waals surface area contributed by atoms with Crippen LogP contribution in [0.15, 0.2) is 45.9 Å². The highest BCUT2D eigenvalue weighted by Gasteiger charge is 2.11. The maximum absolute atomic E-state index is 13.6. The number of aliphatic imine (C=N–C) groups is 1. The monoisotopic (exact) mass is 407 g/mol. The van der Waals surface area contributed by atoms with Gasteiger partial charge in [-0.3, -0.25) is 4.99 Å². The first-order chi connectivity index (χ1) is 12.2. The Balaban J connectivity index is 1.64. The minimum Gasteiger partial charge on any atom is -0.490 e. The van der Waals surface area contributed by atoms with Crippen molar-refractivity contribution in [2.75, 3.05) is 25.6 Å². The molecule has 0 unspecified atom stereocenters. The van der Waals surface area contributed by atoms with Crippen LogP contribution in [-0.2, 0) is 6.54 Å². The van der Waals surface area contributed by atoms with Crippen LogP contribution >= 0.6 is 15.9 Å². The van der Waals surface area contributed by atoms with E-state index in [0.717, 1.165) is 23.4 Å².